The monoisotopic (exact) mass is 282 g/mol. The van der Waals surface area contributed by atoms with Crippen LogP contribution in [0.25, 0.3) is 0 Å². The summed E-state index contributed by atoms with van der Waals surface area (Å²) in [5.74, 6) is 1.26. The van der Waals surface area contributed by atoms with E-state index < -0.39 is 11.7 Å². The summed E-state index contributed by atoms with van der Waals surface area (Å²) in [6, 6.07) is 6.72. The zero-order valence-electron chi connectivity index (χ0n) is 10.7. The number of hydrogen-bond acceptors (Lipinski definition) is 4. The van der Waals surface area contributed by atoms with Crippen LogP contribution in [0.1, 0.15) is 11.1 Å². The molecule has 0 atom stereocenters. The lowest BCUT2D eigenvalue weighted by atomic mass is 10.1. The fraction of sp³-hybridized carbons (Fsp3) is 0.231. The van der Waals surface area contributed by atoms with Gasteiger partial charge in [-0.05, 0) is 17.7 Å². The SMILES string of the molecule is CNc1cc(NCc2ccc(C(F)(F)F)cc2)ncn1. The molecule has 1 aromatic heterocycles. The average molecular weight is 282 g/mol. The molecule has 20 heavy (non-hydrogen) atoms. The lowest BCUT2D eigenvalue weighted by molar-refractivity contribution is -0.137. The lowest BCUT2D eigenvalue weighted by Crippen LogP contribution is -2.06. The first-order valence-electron chi connectivity index (χ1n) is 5.89. The predicted octanol–water partition coefficient (Wildman–Crippen LogP) is 3.15. The highest BCUT2D eigenvalue weighted by Gasteiger charge is 2.29. The maximum atomic E-state index is 12.4. The Hall–Kier alpha value is -2.31. The molecule has 1 aromatic carbocycles. The second kappa shape index (κ2) is 5.77. The van der Waals surface area contributed by atoms with Gasteiger partial charge in [-0.1, -0.05) is 12.1 Å². The fourth-order valence-electron chi connectivity index (χ4n) is 1.59. The predicted molar refractivity (Wildman–Crippen MR) is 70.3 cm³/mol. The summed E-state index contributed by atoms with van der Waals surface area (Å²) in [7, 11) is 1.74. The number of hydrogen-bond donors (Lipinski definition) is 2. The van der Waals surface area contributed by atoms with Gasteiger partial charge in [0.25, 0.3) is 0 Å². The van der Waals surface area contributed by atoms with Crippen LogP contribution in [-0.2, 0) is 12.7 Å². The van der Waals surface area contributed by atoms with E-state index in [0.29, 0.717) is 18.2 Å². The molecule has 0 aliphatic rings. The van der Waals surface area contributed by atoms with Crippen molar-refractivity contribution in [2.75, 3.05) is 17.7 Å². The highest BCUT2D eigenvalue weighted by atomic mass is 19.4. The molecule has 0 fully saturated rings. The number of alkyl halides is 3. The van der Waals surface area contributed by atoms with Gasteiger partial charge in [-0.2, -0.15) is 13.2 Å². The largest absolute Gasteiger partial charge is 0.416 e. The quantitative estimate of drug-likeness (QED) is 0.904. The van der Waals surface area contributed by atoms with Gasteiger partial charge in [0.05, 0.1) is 5.56 Å². The second-order valence-corrected chi connectivity index (χ2v) is 4.09. The minimum atomic E-state index is -4.31. The molecule has 2 aromatic rings. The molecule has 7 heteroatoms. The van der Waals surface area contributed by atoms with Gasteiger partial charge in [0.2, 0.25) is 0 Å². The van der Waals surface area contributed by atoms with E-state index in [1.165, 1.54) is 18.5 Å². The van der Waals surface area contributed by atoms with Crippen LogP contribution in [-0.4, -0.2) is 17.0 Å². The highest BCUT2D eigenvalue weighted by molar-refractivity contribution is 5.46. The normalized spacial score (nSPS) is 11.2. The van der Waals surface area contributed by atoms with Crippen LogP contribution in [0.3, 0.4) is 0 Å². The Kier molecular flexibility index (Phi) is 4.07. The molecule has 0 bridgehead atoms. The molecular weight excluding hydrogens is 269 g/mol. The second-order valence-electron chi connectivity index (χ2n) is 4.09. The summed E-state index contributed by atoms with van der Waals surface area (Å²) in [5, 5.41) is 5.89. The summed E-state index contributed by atoms with van der Waals surface area (Å²) in [4.78, 5) is 7.98. The standard InChI is InChI=1S/C13H13F3N4/c1-17-11-6-12(20-8-19-11)18-7-9-2-4-10(5-3-9)13(14,15)16/h2-6,8H,7H2,1H3,(H2,17,18,19,20). The molecule has 1 heterocycles. The van der Waals surface area contributed by atoms with Crippen LogP contribution in [0.5, 0.6) is 0 Å². The number of rotatable bonds is 4. The summed E-state index contributed by atoms with van der Waals surface area (Å²) in [5.41, 5.74) is 0.0865. The highest BCUT2D eigenvalue weighted by Crippen LogP contribution is 2.29. The number of aromatic nitrogens is 2. The van der Waals surface area contributed by atoms with Crippen LogP contribution in [0.15, 0.2) is 36.7 Å². The molecule has 0 amide bonds. The van der Waals surface area contributed by atoms with Gasteiger partial charge in [0.1, 0.15) is 18.0 Å². The molecule has 0 aliphatic carbocycles. The lowest BCUT2D eigenvalue weighted by Gasteiger charge is -2.09. The Balaban J connectivity index is 2.00. The third-order valence-electron chi connectivity index (χ3n) is 2.68. The molecule has 106 valence electrons. The van der Waals surface area contributed by atoms with Gasteiger partial charge in [-0.15, -0.1) is 0 Å². The maximum Gasteiger partial charge on any atom is 0.416 e. The third-order valence-corrected chi connectivity index (χ3v) is 2.68. The van der Waals surface area contributed by atoms with Crippen molar-refractivity contribution < 1.29 is 13.2 Å². The van der Waals surface area contributed by atoms with Crippen molar-refractivity contribution in [1.82, 2.24) is 9.97 Å². The minimum absolute atomic E-state index is 0.387. The van der Waals surface area contributed by atoms with Crippen LogP contribution in [0.4, 0.5) is 24.8 Å². The number of nitrogens with zero attached hydrogens (tertiary/aromatic N) is 2. The first-order chi connectivity index (χ1) is 9.49. The van der Waals surface area contributed by atoms with Crippen molar-refractivity contribution in [3.05, 3.63) is 47.8 Å². The molecule has 0 radical (unpaired) electrons. The minimum Gasteiger partial charge on any atom is -0.373 e. The third kappa shape index (κ3) is 3.59. The first-order valence-corrected chi connectivity index (χ1v) is 5.89. The summed E-state index contributed by atoms with van der Waals surface area (Å²) >= 11 is 0. The molecule has 2 rings (SSSR count). The van der Waals surface area contributed by atoms with Crippen LogP contribution in [0, 0.1) is 0 Å². The average Bonchev–Trinajstić information content (AvgIpc) is 2.45. The Morgan fingerprint density at radius 2 is 1.70 bits per heavy atom. The summed E-state index contributed by atoms with van der Waals surface area (Å²) < 4.78 is 37.2. The zero-order chi connectivity index (χ0) is 14.6. The zero-order valence-corrected chi connectivity index (χ0v) is 10.7. The van der Waals surface area contributed by atoms with E-state index in [1.807, 2.05) is 0 Å². The van der Waals surface area contributed by atoms with E-state index >= 15 is 0 Å². The van der Waals surface area contributed by atoms with Crippen molar-refractivity contribution in [2.24, 2.45) is 0 Å². The Morgan fingerprint density at radius 1 is 1.05 bits per heavy atom. The van der Waals surface area contributed by atoms with Crippen molar-refractivity contribution in [3.8, 4) is 0 Å². The molecule has 2 N–H and O–H groups in total. The number of halogens is 3. The van der Waals surface area contributed by atoms with Crippen molar-refractivity contribution in [2.45, 2.75) is 12.7 Å². The maximum absolute atomic E-state index is 12.4. The van der Waals surface area contributed by atoms with Crippen LogP contribution in [0.2, 0.25) is 0 Å². The van der Waals surface area contributed by atoms with Gasteiger partial charge in [0.15, 0.2) is 0 Å². The van der Waals surface area contributed by atoms with E-state index in [-0.39, 0.29) is 0 Å². The van der Waals surface area contributed by atoms with E-state index in [4.69, 9.17) is 0 Å². The number of benzene rings is 1. The molecule has 0 aliphatic heterocycles. The smallest absolute Gasteiger partial charge is 0.373 e. The number of nitrogens with one attached hydrogen (secondary N) is 2. The number of anilines is 2. The summed E-state index contributed by atoms with van der Waals surface area (Å²) in [6.07, 6.45) is -2.90. The summed E-state index contributed by atoms with van der Waals surface area (Å²) in [6.45, 7) is 0.387. The van der Waals surface area contributed by atoms with Gasteiger partial charge in [-0.25, -0.2) is 9.97 Å². The topological polar surface area (TPSA) is 49.8 Å². The van der Waals surface area contributed by atoms with Crippen LogP contribution >= 0.6 is 0 Å². The van der Waals surface area contributed by atoms with E-state index in [2.05, 4.69) is 20.6 Å². The molecule has 0 saturated heterocycles. The molecule has 0 spiro atoms. The van der Waals surface area contributed by atoms with Gasteiger partial charge in [0, 0.05) is 19.7 Å². The van der Waals surface area contributed by atoms with E-state index in [0.717, 1.165) is 17.7 Å². The molecule has 0 saturated carbocycles. The van der Waals surface area contributed by atoms with E-state index in [1.54, 1.807) is 13.1 Å². The van der Waals surface area contributed by atoms with Crippen molar-refractivity contribution in [3.63, 3.8) is 0 Å². The fourth-order valence-corrected chi connectivity index (χ4v) is 1.59. The Bertz CT molecular complexity index is 567. The van der Waals surface area contributed by atoms with Gasteiger partial charge >= 0.3 is 6.18 Å². The molecule has 0 unspecified atom stereocenters. The van der Waals surface area contributed by atoms with Crippen molar-refractivity contribution >= 4 is 11.6 Å². The van der Waals surface area contributed by atoms with Gasteiger partial charge < -0.3 is 10.6 Å². The van der Waals surface area contributed by atoms with Crippen LogP contribution < -0.4 is 10.6 Å². The molecule has 4 nitrogen and oxygen atoms in total. The van der Waals surface area contributed by atoms with Gasteiger partial charge in [-0.3, -0.25) is 0 Å². The van der Waals surface area contributed by atoms with E-state index in [9.17, 15) is 13.2 Å². The molecular formula is C13H13F3N4. The Labute approximate surface area is 114 Å². The first kappa shape index (κ1) is 14.1. The Morgan fingerprint density at radius 3 is 2.30 bits per heavy atom. The van der Waals surface area contributed by atoms with Crippen molar-refractivity contribution in [1.29, 1.82) is 0 Å².